The molecule has 5 heteroatoms. The zero-order valence-corrected chi connectivity index (χ0v) is 10.2. The highest BCUT2D eigenvalue weighted by Gasteiger charge is 2.25. The van der Waals surface area contributed by atoms with E-state index in [-0.39, 0.29) is 0 Å². The number of aliphatic carboxylic acids is 1. The first-order chi connectivity index (χ1) is 9.22. The molecule has 0 amide bonds. The number of rotatable bonds is 4. The smallest absolute Gasteiger partial charge is 0.328 e. The summed E-state index contributed by atoms with van der Waals surface area (Å²) < 4.78 is 1.78. The number of aromatic nitrogens is 3. The van der Waals surface area contributed by atoms with Gasteiger partial charge in [-0.2, -0.15) is 5.10 Å². The maximum atomic E-state index is 10.5. The lowest BCUT2D eigenvalue weighted by Crippen LogP contribution is -1.97. The van der Waals surface area contributed by atoms with Crippen molar-refractivity contribution in [2.45, 2.75) is 18.8 Å². The molecule has 1 fully saturated rings. The van der Waals surface area contributed by atoms with Crippen molar-refractivity contribution in [1.29, 1.82) is 0 Å². The van der Waals surface area contributed by atoms with Gasteiger partial charge in [-0.05, 0) is 36.6 Å². The summed E-state index contributed by atoms with van der Waals surface area (Å²) in [7, 11) is 0. The van der Waals surface area contributed by atoms with E-state index in [1.165, 1.54) is 18.9 Å². The van der Waals surface area contributed by atoms with Crippen LogP contribution in [0.15, 0.2) is 36.8 Å². The highest BCUT2D eigenvalue weighted by Crippen LogP contribution is 2.38. The van der Waals surface area contributed by atoms with Crippen LogP contribution >= 0.6 is 0 Å². The third kappa shape index (κ3) is 2.70. The van der Waals surface area contributed by atoms with Gasteiger partial charge in [-0.3, -0.25) is 4.98 Å². The summed E-state index contributed by atoms with van der Waals surface area (Å²) in [6.45, 7) is 0. The molecule has 1 aliphatic carbocycles. The van der Waals surface area contributed by atoms with Gasteiger partial charge in [0.05, 0.1) is 17.6 Å². The highest BCUT2D eigenvalue weighted by molar-refractivity contribution is 5.85. The lowest BCUT2D eigenvalue weighted by molar-refractivity contribution is -0.131. The number of hydrogen-bond acceptors (Lipinski definition) is 3. The lowest BCUT2D eigenvalue weighted by Gasteiger charge is -2.01. The first-order valence-corrected chi connectivity index (χ1v) is 6.14. The van der Waals surface area contributed by atoms with Gasteiger partial charge in [0.15, 0.2) is 0 Å². The molecule has 0 unspecified atom stereocenters. The monoisotopic (exact) mass is 255 g/mol. The molecule has 1 N–H and O–H groups in total. The van der Waals surface area contributed by atoms with Gasteiger partial charge in [0.2, 0.25) is 0 Å². The minimum absolute atomic E-state index is 0.615. The molecule has 3 rings (SSSR count). The zero-order chi connectivity index (χ0) is 13.2. The average Bonchev–Trinajstić information content (AvgIpc) is 3.14. The van der Waals surface area contributed by atoms with Gasteiger partial charge in [0.1, 0.15) is 0 Å². The van der Waals surface area contributed by atoms with E-state index >= 15 is 0 Å². The zero-order valence-electron chi connectivity index (χ0n) is 10.2. The quantitative estimate of drug-likeness (QED) is 0.851. The third-order valence-corrected chi connectivity index (χ3v) is 3.03. The van der Waals surface area contributed by atoms with Crippen LogP contribution in [0.4, 0.5) is 0 Å². The van der Waals surface area contributed by atoms with Gasteiger partial charge in [-0.15, -0.1) is 0 Å². The number of pyridine rings is 1. The Balaban J connectivity index is 1.86. The number of carboxylic acids is 1. The summed E-state index contributed by atoms with van der Waals surface area (Å²) in [5.74, 6) is -0.357. The van der Waals surface area contributed by atoms with Crippen LogP contribution < -0.4 is 0 Å². The van der Waals surface area contributed by atoms with E-state index in [2.05, 4.69) is 10.1 Å². The molecule has 5 nitrogen and oxygen atoms in total. The molecule has 1 saturated carbocycles. The van der Waals surface area contributed by atoms with Crippen molar-refractivity contribution in [2.24, 2.45) is 0 Å². The fourth-order valence-corrected chi connectivity index (χ4v) is 1.91. The summed E-state index contributed by atoms with van der Waals surface area (Å²) in [6, 6.07) is 3.88. The van der Waals surface area contributed by atoms with Crippen LogP contribution in [-0.4, -0.2) is 25.8 Å². The maximum Gasteiger partial charge on any atom is 0.328 e. The third-order valence-electron chi connectivity index (χ3n) is 3.03. The second-order valence-electron chi connectivity index (χ2n) is 4.61. The summed E-state index contributed by atoms with van der Waals surface area (Å²) in [5, 5.41) is 13.1. The molecule has 2 heterocycles. The molecular formula is C14H13N3O2. The summed E-state index contributed by atoms with van der Waals surface area (Å²) >= 11 is 0. The summed E-state index contributed by atoms with van der Waals surface area (Å²) in [6.07, 6.45) is 10.3. The molecular weight excluding hydrogens is 242 g/mol. The Labute approximate surface area is 110 Å². The Morgan fingerprint density at radius 1 is 1.42 bits per heavy atom. The SMILES string of the molecule is O=C(O)/C=C/c1cncc(-n2ccc(C3CC3)n2)c1. The predicted molar refractivity (Wildman–Crippen MR) is 70.0 cm³/mol. The van der Waals surface area contributed by atoms with Gasteiger partial charge < -0.3 is 5.11 Å². The Morgan fingerprint density at radius 3 is 3.00 bits per heavy atom. The number of hydrogen-bond donors (Lipinski definition) is 1. The van der Waals surface area contributed by atoms with Crippen molar-refractivity contribution < 1.29 is 9.90 Å². The minimum atomic E-state index is -0.972. The van der Waals surface area contributed by atoms with Crippen molar-refractivity contribution in [3.05, 3.63) is 48.1 Å². The van der Waals surface area contributed by atoms with E-state index in [0.29, 0.717) is 5.92 Å². The van der Waals surface area contributed by atoms with Crippen molar-refractivity contribution in [3.8, 4) is 5.69 Å². The van der Waals surface area contributed by atoms with Gasteiger partial charge in [-0.1, -0.05) is 0 Å². The number of carbonyl (C=O) groups is 1. The van der Waals surface area contributed by atoms with E-state index in [9.17, 15) is 4.79 Å². The van der Waals surface area contributed by atoms with E-state index < -0.39 is 5.97 Å². The van der Waals surface area contributed by atoms with E-state index in [0.717, 1.165) is 23.0 Å². The Hall–Kier alpha value is -2.43. The van der Waals surface area contributed by atoms with E-state index in [1.54, 1.807) is 17.1 Å². The molecule has 0 saturated heterocycles. The largest absolute Gasteiger partial charge is 0.478 e. The van der Waals surface area contributed by atoms with Crippen LogP contribution in [0.25, 0.3) is 11.8 Å². The maximum absolute atomic E-state index is 10.5. The standard InChI is InChI=1S/C14H13N3O2/c18-14(19)4-1-10-7-12(9-15-8-10)17-6-5-13(16-17)11-2-3-11/h1,4-9,11H,2-3H2,(H,18,19)/b4-1+. The van der Waals surface area contributed by atoms with Crippen LogP contribution in [0, 0.1) is 0 Å². The molecule has 0 radical (unpaired) electrons. The molecule has 19 heavy (non-hydrogen) atoms. The highest BCUT2D eigenvalue weighted by atomic mass is 16.4. The molecule has 0 spiro atoms. The van der Waals surface area contributed by atoms with Gasteiger partial charge in [0.25, 0.3) is 0 Å². The van der Waals surface area contributed by atoms with Crippen LogP contribution in [0.5, 0.6) is 0 Å². The van der Waals surface area contributed by atoms with Gasteiger partial charge >= 0.3 is 5.97 Å². The first-order valence-electron chi connectivity index (χ1n) is 6.14. The first kappa shape index (κ1) is 11.6. The fourth-order valence-electron chi connectivity index (χ4n) is 1.91. The molecule has 0 aliphatic heterocycles. The van der Waals surface area contributed by atoms with E-state index in [1.807, 2.05) is 18.3 Å². The Kier molecular flexibility index (Phi) is 2.87. The molecule has 0 aromatic carbocycles. The molecule has 0 atom stereocenters. The van der Waals surface area contributed by atoms with E-state index in [4.69, 9.17) is 5.11 Å². The summed E-state index contributed by atoms with van der Waals surface area (Å²) in [4.78, 5) is 14.6. The summed E-state index contributed by atoms with van der Waals surface area (Å²) in [5.41, 5.74) is 2.69. The van der Waals surface area contributed by atoms with Crippen LogP contribution in [0.1, 0.15) is 30.0 Å². The Bertz CT molecular complexity index is 642. The van der Waals surface area contributed by atoms with Crippen LogP contribution in [-0.2, 0) is 4.79 Å². The number of carboxylic acid groups (broad SMARTS) is 1. The molecule has 96 valence electrons. The van der Waals surface area contributed by atoms with Gasteiger partial charge in [0, 0.05) is 24.4 Å². The lowest BCUT2D eigenvalue weighted by atomic mass is 10.2. The molecule has 2 aromatic heterocycles. The molecule has 1 aliphatic rings. The topological polar surface area (TPSA) is 68.0 Å². The van der Waals surface area contributed by atoms with Crippen molar-refractivity contribution in [1.82, 2.24) is 14.8 Å². The number of nitrogens with zero attached hydrogens (tertiary/aromatic N) is 3. The second-order valence-corrected chi connectivity index (χ2v) is 4.61. The average molecular weight is 255 g/mol. The molecule has 2 aromatic rings. The van der Waals surface area contributed by atoms with Gasteiger partial charge in [-0.25, -0.2) is 9.48 Å². The van der Waals surface area contributed by atoms with Crippen molar-refractivity contribution in [2.75, 3.05) is 0 Å². The fraction of sp³-hybridized carbons (Fsp3) is 0.214. The van der Waals surface area contributed by atoms with Crippen molar-refractivity contribution >= 4 is 12.0 Å². The second kappa shape index (κ2) is 4.68. The Morgan fingerprint density at radius 2 is 2.26 bits per heavy atom. The minimum Gasteiger partial charge on any atom is -0.478 e. The van der Waals surface area contributed by atoms with Crippen LogP contribution in [0.3, 0.4) is 0 Å². The van der Waals surface area contributed by atoms with Crippen LogP contribution in [0.2, 0.25) is 0 Å². The normalized spacial score (nSPS) is 14.9. The predicted octanol–water partition coefficient (Wildman–Crippen LogP) is 2.24. The van der Waals surface area contributed by atoms with Crippen molar-refractivity contribution in [3.63, 3.8) is 0 Å². The molecule has 0 bridgehead atoms.